The highest BCUT2D eigenvalue weighted by atomic mass is 32.1. The molecule has 0 bridgehead atoms. The monoisotopic (exact) mass is 534 g/mol. The van der Waals surface area contributed by atoms with Gasteiger partial charge in [0.05, 0.1) is 29.5 Å². The zero-order valence-electron chi connectivity index (χ0n) is 21.2. The van der Waals surface area contributed by atoms with Crippen LogP contribution in [0, 0.1) is 0 Å². The minimum atomic E-state index is -1.02. The number of carbonyl (C=O) groups is 1. The second-order valence-corrected chi connectivity index (χ2v) is 10.6. The zero-order valence-corrected chi connectivity index (χ0v) is 22.0. The van der Waals surface area contributed by atoms with Crippen molar-refractivity contribution in [1.29, 1.82) is 0 Å². The zero-order chi connectivity index (χ0) is 26.2. The number of benzene rings is 2. The lowest BCUT2D eigenvalue weighted by Gasteiger charge is -2.28. The van der Waals surface area contributed by atoms with E-state index in [4.69, 9.17) is 14.5 Å². The van der Waals surface area contributed by atoms with Crippen LogP contribution in [0.4, 0.5) is 10.5 Å². The van der Waals surface area contributed by atoms with Crippen molar-refractivity contribution in [2.45, 2.75) is 45.5 Å². The van der Waals surface area contributed by atoms with Crippen molar-refractivity contribution in [3.8, 4) is 22.1 Å². The van der Waals surface area contributed by atoms with Gasteiger partial charge in [-0.2, -0.15) is 0 Å². The van der Waals surface area contributed by atoms with Crippen LogP contribution in [0.1, 0.15) is 31.0 Å². The molecule has 0 aliphatic carbocycles. The van der Waals surface area contributed by atoms with Gasteiger partial charge in [-0.1, -0.05) is 6.07 Å². The number of carboxylic acid groups (broad SMARTS) is 1. The molecular weight excluding hydrogens is 504 g/mol. The fraction of sp³-hybridized carbons (Fsp3) is 0.357. The van der Waals surface area contributed by atoms with E-state index in [-0.39, 0.29) is 19.4 Å². The van der Waals surface area contributed by atoms with Crippen molar-refractivity contribution in [3.05, 3.63) is 59.2 Å². The molecule has 1 saturated heterocycles. The van der Waals surface area contributed by atoms with Crippen LogP contribution < -0.4 is 14.4 Å². The summed E-state index contributed by atoms with van der Waals surface area (Å²) in [5.41, 5.74) is 4.42. The van der Waals surface area contributed by atoms with Crippen molar-refractivity contribution >= 4 is 34.0 Å². The van der Waals surface area contributed by atoms with E-state index in [0.29, 0.717) is 17.2 Å². The topological polar surface area (TPSA) is 100 Å². The average molecular weight is 535 g/mol. The highest BCUT2D eigenvalue weighted by molar-refractivity contribution is 7.13. The molecule has 198 valence electrons. The fourth-order valence-electron chi connectivity index (χ4n) is 5.18. The Kier molecular flexibility index (Phi) is 6.69. The second-order valence-electron chi connectivity index (χ2n) is 9.74. The minimum Gasteiger partial charge on any atom is -0.465 e. The third kappa shape index (κ3) is 4.82. The molecule has 10 heteroatoms. The van der Waals surface area contributed by atoms with E-state index in [9.17, 15) is 15.0 Å². The van der Waals surface area contributed by atoms with Crippen LogP contribution in [-0.2, 0) is 19.6 Å². The first-order chi connectivity index (χ1) is 18.5. The Balaban J connectivity index is 1.30. The van der Waals surface area contributed by atoms with Gasteiger partial charge in [0.2, 0.25) is 6.79 Å². The predicted octanol–water partition coefficient (Wildman–Crippen LogP) is 5.15. The van der Waals surface area contributed by atoms with Gasteiger partial charge in [0.25, 0.3) is 0 Å². The van der Waals surface area contributed by atoms with Crippen molar-refractivity contribution in [2.75, 3.05) is 24.8 Å². The Labute approximate surface area is 224 Å². The molecular formula is C28H30N4O5S. The summed E-state index contributed by atoms with van der Waals surface area (Å²) in [4.78, 5) is 21.1. The summed E-state index contributed by atoms with van der Waals surface area (Å²) in [6, 6.07) is 11.7. The molecule has 2 aliphatic rings. The van der Waals surface area contributed by atoms with Crippen LogP contribution in [0.15, 0.2) is 48.0 Å². The lowest BCUT2D eigenvalue weighted by molar-refractivity contribution is 0.0787. The first-order valence-corrected chi connectivity index (χ1v) is 13.7. The maximum Gasteiger partial charge on any atom is 0.412 e. The fourth-order valence-corrected chi connectivity index (χ4v) is 5.99. The summed E-state index contributed by atoms with van der Waals surface area (Å²) in [5, 5.41) is 23.9. The number of fused-ring (bicyclic) bond motifs is 2. The van der Waals surface area contributed by atoms with Gasteiger partial charge < -0.3 is 24.3 Å². The van der Waals surface area contributed by atoms with E-state index in [1.165, 1.54) is 4.90 Å². The van der Waals surface area contributed by atoms with Crippen LogP contribution >= 0.6 is 11.3 Å². The highest BCUT2D eigenvalue weighted by Gasteiger charge is 2.23. The Hall–Kier alpha value is -3.60. The van der Waals surface area contributed by atoms with Crippen LogP contribution in [0.25, 0.3) is 21.5 Å². The predicted molar refractivity (Wildman–Crippen MR) is 146 cm³/mol. The van der Waals surface area contributed by atoms with E-state index >= 15 is 0 Å². The number of likely N-dealkylation sites (tertiary alicyclic amines) is 1. The molecule has 4 heterocycles. The third-order valence-corrected chi connectivity index (χ3v) is 8.18. The van der Waals surface area contributed by atoms with Gasteiger partial charge in [0.15, 0.2) is 11.5 Å². The number of aliphatic hydroxyl groups is 1. The quantitative estimate of drug-likeness (QED) is 0.338. The van der Waals surface area contributed by atoms with Crippen LogP contribution in [0.5, 0.6) is 11.5 Å². The molecule has 38 heavy (non-hydrogen) atoms. The Bertz CT molecular complexity index is 1470. The molecule has 0 saturated carbocycles. The van der Waals surface area contributed by atoms with Gasteiger partial charge in [-0.3, -0.25) is 9.80 Å². The number of nitrogens with zero attached hydrogens (tertiary/aromatic N) is 4. The largest absolute Gasteiger partial charge is 0.465 e. The standard InChI is InChI=1S/C28H30N4O5S/c1-2-31-15-24(32(28(34)35)13-18-3-6-25-26(11-18)37-17-36-25)22-12-19(4-5-23(22)31)27-29-20(16-38-27)14-30-9-7-21(33)8-10-30/h3-6,11-12,15-16,21,33H,2,7-10,13-14,17H2,1H3,(H,34,35). The lowest BCUT2D eigenvalue weighted by Crippen LogP contribution is -2.35. The SMILES string of the molecule is CCn1cc(N(Cc2ccc3c(c2)OCO3)C(=O)O)c2cc(-c3nc(CN4CCC(O)CC4)cs3)ccc21. The number of amides is 1. The van der Waals surface area contributed by atoms with Crippen molar-refractivity contribution in [2.24, 2.45) is 0 Å². The van der Waals surface area contributed by atoms with E-state index in [1.54, 1.807) is 11.3 Å². The van der Waals surface area contributed by atoms with Gasteiger partial charge in [-0.15, -0.1) is 11.3 Å². The van der Waals surface area contributed by atoms with Crippen molar-refractivity contribution < 1.29 is 24.5 Å². The smallest absolute Gasteiger partial charge is 0.412 e. The number of anilines is 1. The normalized spacial score (nSPS) is 15.8. The molecule has 1 fully saturated rings. The average Bonchev–Trinajstić information content (AvgIpc) is 3.66. The van der Waals surface area contributed by atoms with Gasteiger partial charge in [0, 0.05) is 48.7 Å². The minimum absolute atomic E-state index is 0.174. The molecule has 2 aromatic carbocycles. The molecule has 0 radical (unpaired) electrons. The molecule has 1 amide bonds. The number of aromatic nitrogens is 2. The molecule has 0 atom stereocenters. The Morgan fingerprint density at radius 2 is 1.97 bits per heavy atom. The Morgan fingerprint density at radius 1 is 1.16 bits per heavy atom. The van der Waals surface area contributed by atoms with Gasteiger partial charge >= 0.3 is 6.09 Å². The highest BCUT2D eigenvalue weighted by Crippen LogP contribution is 2.37. The summed E-state index contributed by atoms with van der Waals surface area (Å²) in [6.45, 7) is 5.65. The van der Waals surface area contributed by atoms with E-state index in [0.717, 1.165) is 71.8 Å². The summed E-state index contributed by atoms with van der Waals surface area (Å²) in [5.74, 6) is 1.30. The Morgan fingerprint density at radius 3 is 2.76 bits per heavy atom. The molecule has 6 rings (SSSR count). The maximum absolute atomic E-state index is 12.5. The molecule has 0 spiro atoms. The van der Waals surface area contributed by atoms with Crippen LogP contribution in [0.3, 0.4) is 0 Å². The molecule has 0 unspecified atom stereocenters. The first-order valence-electron chi connectivity index (χ1n) is 12.9. The second kappa shape index (κ2) is 10.3. The number of aryl methyl sites for hydroxylation is 1. The van der Waals surface area contributed by atoms with E-state index < -0.39 is 6.09 Å². The van der Waals surface area contributed by atoms with Gasteiger partial charge in [-0.25, -0.2) is 9.78 Å². The van der Waals surface area contributed by atoms with Crippen molar-refractivity contribution in [3.63, 3.8) is 0 Å². The van der Waals surface area contributed by atoms with Gasteiger partial charge in [0.1, 0.15) is 5.01 Å². The lowest BCUT2D eigenvalue weighted by atomic mass is 10.1. The first kappa shape index (κ1) is 24.7. The molecule has 2 N–H and O–H groups in total. The summed E-state index contributed by atoms with van der Waals surface area (Å²) < 4.78 is 13.0. The number of aliphatic hydroxyl groups excluding tert-OH is 1. The van der Waals surface area contributed by atoms with Crippen molar-refractivity contribution in [1.82, 2.24) is 14.5 Å². The molecule has 4 aromatic rings. The van der Waals surface area contributed by atoms with Crippen LogP contribution in [-0.4, -0.2) is 56.7 Å². The summed E-state index contributed by atoms with van der Waals surface area (Å²) in [7, 11) is 0. The number of piperidine rings is 1. The summed E-state index contributed by atoms with van der Waals surface area (Å²) >= 11 is 1.60. The third-order valence-electron chi connectivity index (χ3n) is 7.24. The molecule has 2 aliphatic heterocycles. The van der Waals surface area contributed by atoms with Crippen LogP contribution in [0.2, 0.25) is 0 Å². The molecule has 2 aromatic heterocycles. The number of thiazole rings is 1. The van der Waals surface area contributed by atoms with E-state index in [1.807, 2.05) is 43.5 Å². The van der Waals surface area contributed by atoms with Gasteiger partial charge in [-0.05, 0) is 55.7 Å². The number of hydrogen-bond acceptors (Lipinski definition) is 7. The molecule has 9 nitrogen and oxygen atoms in total. The number of hydrogen-bond donors (Lipinski definition) is 2. The summed E-state index contributed by atoms with van der Waals surface area (Å²) in [6.07, 6.45) is 2.30. The number of rotatable bonds is 7. The van der Waals surface area contributed by atoms with E-state index in [2.05, 4.69) is 20.9 Å². The maximum atomic E-state index is 12.5. The number of ether oxygens (including phenoxy) is 2.